The van der Waals surface area contributed by atoms with Gasteiger partial charge in [0.05, 0.1) is 0 Å². The molecule has 3 heteroatoms. The highest BCUT2D eigenvalue weighted by atomic mass is 35.5. The Bertz CT molecular complexity index is 274. The average molecular weight is 198 g/mol. The molecule has 0 aliphatic heterocycles. The van der Waals surface area contributed by atoms with E-state index in [1.807, 2.05) is 30.3 Å². The lowest BCUT2D eigenvalue weighted by molar-refractivity contribution is -0.117. The first-order chi connectivity index (χ1) is 6.20. The fraction of sp³-hybridized carbons (Fsp3) is 0.300. The number of primary amides is 1. The van der Waals surface area contributed by atoms with Crippen molar-refractivity contribution in [2.45, 2.75) is 18.2 Å². The third kappa shape index (κ3) is 3.47. The molecule has 1 aromatic rings. The van der Waals surface area contributed by atoms with Crippen LogP contribution in [0.2, 0.25) is 0 Å². The number of alkyl halides is 1. The van der Waals surface area contributed by atoms with E-state index >= 15 is 0 Å². The molecule has 0 spiro atoms. The highest BCUT2D eigenvalue weighted by molar-refractivity contribution is 6.30. The van der Waals surface area contributed by atoms with Gasteiger partial charge in [0.1, 0.15) is 5.38 Å². The molecular formula is C10H12ClNO. The van der Waals surface area contributed by atoms with E-state index in [1.165, 1.54) is 5.56 Å². The lowest BCUT2D eigenvalue weighted by Crippen LogP contribution is -2.23. The quantitative estimate of drug-likeness (QED) is 0.734. The van der Waals surface area contributed by atoms with E-state index in [9.17, 15) is 4.79 Å². The van der Waals surface area contributed by atoms with Gasteiger partial charge in [-0.2, -0.15) is 0 Å². The third-order valence-electron chi connectivity index (χ3n) is 1.84. The molecule has 0 bridgehead atoms. The molecule has 0 fully saturated rings. The predicted molar refractivity (Wildman–Crippen MR) is 53.6 cm³/mol. The van der Waals surface area contributed by atoms with Crippen LogP contribution in [0.5, 0.6) is 0 Å². The van der Waals surface area contributed by atoms with Crippen molar-refractivity contribution in [2.75, 3.05) is 0 Å². The van der Waals surface area contributed by atoms with Crippen LogP contribution in [-0.4, -0.2) is 11.3 Å². The van der Waals surface area contributed by atoms with E-state index in [-0.39, 0.29) is 0 Å². The normalized spacial score (nSPS) is 12.4. The molecule has 0 radical (unpaired) electrons. The van der Waals surface area contributed by atoms with Gasteiger partial charge < -0.3 is 5.73 Å². The van der Waals surface area contributed by atoms with Crippen molar-refractivity contribution in [3.05, 3.63) is 35.9 Å². The smallest absolute Gasteiger partial charge is 0.235 e. The van der Waals surface area contributed by atoms with Crippen molar-refractivity contribution in [1.82, 2.24) is 0 Å². The van der Waals surface area contributed by atoms with Crippen molar-refractivity contribution in [3.8, 4) is 0 Å². The van der Waals surface area contributed by atoms with E-state index in [0.29, 0.717) is 6.42 Å². The first-order valence-corrected chi connectivity index (χ1v) is 4.61. The van der Waals surface area contributed by atoms with Crippen LogP contribution in [0.4, 0.5) is 0 Å². The van der Waals surface area contributed by atoms with Gasteiger partial charge >= 0.3 is 0 Å². The first kappa shape index (κ1) is 10.1. The Balaban J connectivity index is 2.39. The zero-order valence-electron chi connectivity index (χ0n) is 7.24. The van der Waals surface area contributed by atoms with Crippen LogP contribution < -0.4 is 5.73 Å². The van der Waals surface area contributed by atoms with Crippen LogP contribution in [0.3, 0.4) is 0 Å². The summed E-state index contributed by atoms with van der Waals surface area (Å²) in [7, 11) is 0. The van der Waals surface area contributed by atoms with Gasteiger partial charge in [-0.1, -0.05) is 30.3 Å². The number of rotatable bonds is 4. The zero-order valence-corrected chi connectivity index (χ0v) is 8.00. The maximum atomic E-state index is 10.6. The Morgan fingerprint density at radius 1 is 1.38 bits per heavy atom. The second-order valence-electron chi connectivity index (χ2n) is 2.89. The number of carbonyl (C=O) groups is 1. The summed E-state index contributed by atoms with van der Waals surface area (Å²) in [5.41, 5.74) is 6.20. The summed E-state index contributed by atoms with van der Waals surface area (Å²) in [6, 6.07) is 9.89. The zero-order chi connectivity index (χ0) is 9.68. The topological polar surface area (TPSA) is 43.1 Å². The summed E-state index contributed by atoms with van der Waals surface area (Å²) in [4.78, 5) is 10.6. The monoisotopic (exact) mass is 197 g/mol. The predicted octanol–water partition coefficient (Wildman–Crippen LogP) is 1.71. The lowest BCUT2D eigenvalue weighted by Gasteiger charge is -2.04. The van der Waals surface area contributed by atoms with Crippen LogP contribution in [-0.2, 0) is 11.2 Å². The van der Waals surface area contributed by atoms with Gasteiger partial charge in [0.15, 0.2) is 0 Å². The highest BCUT2D eigenvalue weighted by Gasteiger charge is 2.10. The van der Waals surface area contributed by atoms with Gasteiger partial charge in [0, 0.05) is 0 Å². The Hall–Kier alpha value is -1.02. The molecule has 1 unspecified atom stereocenters. The van der Waals surface area contributed by atoms with Crippen molar-refractivity contribution in [1.29, 1.82) is 0 Å². The van der Waals surface area contributed by atoms with E-state index in [4.69, 9.17) is 17.3 Å². The standard InChI is InChI=1S/C10H12ClNO/c11-9(10(12)13)7-6-8-4-2-1-3-5-8/h1-5,9H,6-7H2,(H2,12,13). The molecule has 1 amide bonds. The number of benzene rings is 1. The highest BCUT2D eigenvalue weighted by Crippen LogP contribution is 2.08. The van der Waals surface area contributed by atoms with Crippen molar-refractivity contribution >= 4 is 17.5 Å². The third-order valence-corrected chi connectivity index (χ3v) is 2.27. The summed E-state index contributed by atoms with van der Waals surface area (Å²) >= 11 is 5.69. The largest absolute Gasteiger partial charge is 0.368 e. The number of hydrogen-bond acceptors (Lipinski definition) is 1. The summed E-state index contributed by atoms with van der Waals surface area (Å²) in [5.74, 6) is -0.447. The number of hydrogen-bond donors (Lipinski definition) is 1. The summed E-state index contributed by atoms with van der Waals surface area (Å²) < 4.78 is 0. The Morgan fingerprint density at radius 2 is 2.00 bits per heavy atom. The molecule has 0 aliphatic rings. The van der Waals surface area contributed by atoms with Crippen LogP contribution in [0.1, 0.15) is 12.0 Å². The first-order valence-electron chi connectivity index (χ1n) is 4.17. The van der Waals surface area contributed by atoms with Gasteiger partial charge in [0.2, 0.25) is 5.91 Å². The second kappa shape index (κ2) is 4.87. The van der Waals surface area contributed by atoms with Crippen molar-refractivity contribution in [3.63, 3.8) is 0 Å². The Kier molecular flexibility index (Phi) is 3.77. The van der Waals surface area contributed by atoms with Gasteiger partial charge in [-0.3, -0.25) is 4.79 Å². The lowest BCUT2D eigenvalue weighted by atomic mass is 10.1. The van der Waals surface area contributed by atoms with Crippen LogP contribution in [0, 0.1) is 0 Å². The molecule has 0 aromatic heterocycles. The van der Waals surface area contributed by atoms with Gasteiger partial charge in [-0.25, -0.2) is 0 Å². The molecule has 1 atom stereocenters. The minimum absolute atomic E-state index is 0.447. The van der Waals surface area contributed by atoms with Crippen LogP contribution in [0.15, 0.2) is 30.3 Å². The maximum absolute atomic E-state index is 10.6. The molecule has 70 valence electrons. The van der Waals surface area contributed by atoms with Crippen molar-refractivity contribution in [2.24, 2.45) is 5.73 Å². The minimum atomic E-state index is -0.555. The van der Waals surface area contributed by atoms with E-state index < -0.39 is 11.3 Å². The molecule has 1 rings (SSSR count). The van der Waals surface area contributed by atoms with E-state index in [1.54, 1.807) is 0 Å². The fourth-order valence-corrected chi connectivity index (χ4v) is 1.19. The molecule has 2 N–H and O–H groups in total. The van der Waals surface area contributed by atoms with E-state index in [0.717, 1.165) is 6.42 Å². The maximum Gasteiger partial charge on any atom is 0.235 e. The molecule has 1 aromatic carbocycles. The molecule has 2 nitrogen and oxygen atoms in total. The Labute approximate surface area is 82.7 Å². The number of halogens is 1. The van der Waals surface area contributed by atoms with Gasteiger partial charge in [-0.05, 0) is 18.4 Å². The summed E-state index contributed by atoms with van der Waals surface area (Å²) in [6.45, 7) is 0. The van der Waals surface area contributed by atoms with Gasteiger partial charge in [0.25, 0.3) is 0 Å². The molecule has 0 saturated carbocycles. The number of amides is 1. The molecule has 0 saturated heterocycles. The number of nitrogens with two attached hydrogens (primary N) is 1. The minimum Gasteiger partial charge on any atom is -0.368 e. The number of carbonyl (C=O) groups excluding carboxylic acids is 1. The average Bonchev–Trinajstić information content (AvgIpc) is 2.15. The van der Waals surface area contributed by atoms with Crippen molar-refractivity contribution < 1.29 is 4.79 Å². The number of aryl methyl sites for hydroxylation is 1. The van der Waals surface area contributed by atoms with Crippen LogP contribution in [0.25, 0.3) is 0 Å². The summed E-state index contributed by atoms with van der Waals surface area (Å²) in [5, 5.41) is -0.555. The molecule has 13 heavy (non-hydrogen) atoms. The molecule has 0 heterocycles. The SMILES string of the molecule is NC(=O)C(Cl)CCc1ccccc1. The molecular weight excluding hydrogens is 186 g/mol. The second-order valence-corrected chi connectivity index (χ2v) is 3.42. The Morgan fingerprint density at radius 3 is 2.54 bits per heavy atom. The van der Waals surface area contributed by atoms with Crippen LogP contribution >= 0.6 is 11.6 Å². The van der Waals surface area contributed by atoms with E-state index in [2.05, 4.69) is 0 Å². The summed E-state index contributed by atoms with van der Waals surface area (Å²) in [6.07, 6.45) is 1.39. The fourth-order valence-electron chi connectivity index (χ4n) is 1.08. The molecule has 0 aliphatic carbocycles. The van der Waals surface area contributed by atoms with Gasteiger partial charge in [-0.15, -0.1) is 11.6 Å².